The molecule has 1 saturated heterocycles. The molecule has 1 fully saturated rings. The number of rotatable bonds is 3. The van der Waals surface area contributed by atoms with E-state index in [2.05, 4.69) is 5.32 Å². The number of carbonyl (C=O) groups is 2. The molecule has 17 heavy (non-hydrogen) atoms. The maximum absolute atomic E-state index is 11.9. The molecule has 1 amide bonds. The van der Waals surface area contributed by atoms with Gasteiger partial charge in [-0.2, -0.15) is 0 Å². The number of hydrogen-bond acceptors (Lipinski definition) is 4. The van der Waals surface area contributed by atoms with E-state index in [0.717, 1.165) is 5.56 Å². The molecule has 90 valence electrons. The SMILES string of the molecule is NCc1cccc(C(=O)NC2CCOC2=O)c1. The lowest BCUT2D eigenvalue weighted by Gasteiger charge is -2.09. The van der Waals surface area contributed by atoms with Gasteiger partial charge in [0.15, 0.2) is 0 Å². The Kier molecular flexibility index (Phi) is 3.39. The summed E-state index contributed by atoms with van der Waals surface area (Å²) in [7, 11) is 0. The molecule has 1 aromatic rings. The zero-order valence-electron chi connectivity index (χ0n) is 9.31. The Morgan fingerprint density at radius 1 is 1.53 bits per heavy atom. The second-order valence-electron chi connectivity index (χ2n) is 3.89. The topological polar surface area (TPSA) is 81.4 Å². The van der Waals surface area contributed by atoms with Crippen molar-refractivity contribution in [2.45, 2.75) is 19.0 Å². The second-order valence-corrected chi connectivity index (χ2v) is 3.89. The molecule has 1 aromatic carbocycles. The third-order valence-corrected chi connectivity index (χ3v) is 2.67. The summed E-state index contributed by atoms with van der Waals surface area (Å²) in [5, 5.41) is 2.64. The summed E-state index contributed by atoms with van der Waals surface area (Å²) in [6, 6.07) is 6.50. The zero-order chi connectivity index (χ0) is 12.3. The smallest absolute Gasteiger partial charge is 0.328 e. The Balaban J connectivity index is 2.06. The van der Waals surface area contributed by atoms with E-state index in [1.165, 1.54) is 0 Å². The van der Waals surface area contributed by atoms with Crippen LogP contribution in [0.5, 0.6) is 0 Å². The van der Waals surface area contributed by atoms with Gasteiger partial charge in [-0.25, -0.2) is 4.79 Å². The number of ether oxygens (including phenoxy) is 1. The maximum atomic E-state index is 11.9. The molecule has 1 heterocycles. The van der Waals surface area contributed by atoms with E-state index in [9.17, 15) is 9.59 Å². The first-order chi connectivity index (χ1) is 8.20. The van der Waals surface area contributed by atoms with Gasteiger partial charge in [-0.3, -0.25) is 4.79 Å². The molecule has 5 heteroatoms. The normalized spacial score (nSPS) is 18.9. The highest BCUT2D eigenvalue weighted by molar-refractivity contribution is 5.97. The first-order valence-corrected chi connectivity index (χ1v) is 5.47. The minimum absolute atomic E-state index is 0.274. The summed E-state index contributed by atoms with van der Waals surface area (Å²) in [5.41, 5.74) is 6.89. The largest absolute Gasteiger partial charge is 0.464 e. The monoisotopic (exact) mass is 234 g/mol. The van der Waals surface area contributed by atoms with E-state index in [0.29, 0.717) is 25.1 Å². The van der Waals surface area contributed by atoms with Crippen LogP contribution in [0.4, 0.5) is 0 Å². The number of carbonyl (C=O) groups excluding carboxylic acids is 2. The van der Waals surface area contributed by atoms with Gasteiger partial charge in [-0.05, 0) is 17.7 Å². The van der Waals surface area contributed by atoms with Crippen molar-refractivity contribution in [3.63, 3.8) is 0 Å². The number of esters is 1. The van der Waals surface area contributed by atoms with Crippen molar-refractivity contribution in [1.82, 2.24) is 5.32 Å². The highest BCUT2D eigenvalue weighted by Gasteiger charge is 2.28. The summed E-state index contributed by atoms with van der Waals surface area (Å²) >= 11 is 0. The van der Waals surface area contributed by atoms with E-state index < -0.39 is 6.04 Å². The lowest BCUT2D eigenvalue weighted by molar-refractivity contribution is -0.139. The van der Waals surface area contributed by atoms with Crippen molar-refractivity contribution in [1.29, 1.82) is 0 Å². The molecule has 5 nitrogen and oxygen atoms in total. The second kappa shape index (κ2) is 4.97. The van der Waals surface area contributed by atoms with Gasteiger partial charge in [0.1, 0.15) is 6.04 Å². The van der Waals surface area contributed by atoms with Gasteiger partial charge >= 0.3 is 5.97 Å². The van der Waals surface area contributed by atoms with Gasteiger partial charge in [0.05, 0.1) is 6.61 Å². The van der Waals surface area contributed by atoms with Crippen molar-refractivity contribution >= 4 is 11.9 Å². The van der Waals surface area contributed by atoms with Gasteiger partial charge in [0, 0.05) is 18.5 Å². The average Bonchev–Trinajstić information content (AvgIpc) is 2.75. The predicted molar refractivity (Wildman–Crippen MR) is 61.2 cm³/mol. The fourth-order valence-corrected chi connectivity index (χ4v) is 1.71. The van der Waals surface area contributed by atoms with Gasteiger partial charge in [-0.1, -0.05) is 12.1 Å². The summed E-state index contributed by atoms with van der Waals surface area (Å²) in [5.74, 6) is -0.641. The molecule has 0 radical (unpaired) electrons. The highest BCUT2D eigenvalue weighted by atomic mass is 16.5. The minimum Gasteiger partial charge on any atom is -0.464 e. The standard InChI is InChI=1S/C12H14N2O3/c13-7-8-2-1-3-9(6-8)11(15)14-10-4-5-17-12(10)16/h1-3,6,10H,4-5,7,13H2,(H,14,15). The lowest BCUT2D eigenvalue weighted by atomic mass is 10.1. The Hall–Kier alpha value is -1.88. The van der Waals surface area contributed by atoms with Crippen LogP contribution in [0.3, 0.4) is 0 Å². The minimum atomic E-state index is -0.524. The van der Waals surface area contributed by atoms with Gasteiger partial charge in [-0.15, -0.1) is 0 Å². The highest BCUT2D eigenvalue weighted by Crippen LogP contribution is 2.09. The molecule has 3 N–H and O–H groups in total. The van der Waals surface area contributed by atoms with Crippen LogP contribution in [0.15, 0.2) is 24.3 Å². The predicted octanol–water partition coefficient (Wildman–Crippen LogP) is 0.191. The van der Waals surface area contributed by atoms with Crippen LogP contribution in [-0.2, 0) is 16.1 Å². The zero-order valence-corrected chi connectivity index (χ0v) is 9.31. The number of amides is 1. The summed E-state index contributed by atoms with van der Waals surface area (Å²) in [6.07, 6.45) is 0.529. The molecule has 1 unspecified atom stereocenters. The van der Waals surface area contributed by atoms with E-state index >= 15 is 0 Å². The molecular formula is C12H14N2O3. The molecule has 2 rings (SSSR count). The van der Waals surface area contributed by atoms with E-state index in [4.69, 9.17) is 10.5 Å². The van der Waals surface area contributed by atoms with Crippen LogP contribution in [-0.4, -0.2) is 24.5 Å². The number of hydrogen-bond donors (Lipinski definition) is 2. The Morgan fingerprint density at radius 3 is 3.00 bits per heavy atom. The van der Waals surface area contributed by atoms with Crippen LogP contribution >= 0.6 is 0 Å². The third kappa shape index (κ3) is 2.62. The van der Waals surface area contributed by atoms with Crippen LogP contribution < -0.4 is 11.1 Å². The number of benzene rings is 1. The Morgan fingerprint density at radius 2 is 2.35 bits per heavy atom. The quantitative estimate of drug-likeness (QED) is 0.731. The average molecular weight is 234 g/mol. The van der Waals surface area contributed by atoms with Crippen molar-refractivity contribution in [3.8, 4) is 0 Å². The summed E-state index contributed by atoms with van der Waals surface area (Å²) in [4.78, 5) is 23.1. The van der Waals surface area contributed by atoms with Gasteiger partial charge in [0.2, 0.25) is 0 Å². The molecule has 1 atom stereocenters. The molecule has 1 aliphatic heterocycles. The Labute approximate surface area is 98.9 Å². The van der Waals surface area contributed by atoms with E-state index in [1.54, 1.807) is 18.2 Å². The van der Waals surface area contributed by atoms with Crippen LogP contribution in [0, 0.1) is 0 Å². The van der Waals surface area contributed by atoms with Gasteiger partial charge in [0.25, 0.3) is 5.91 Å². The van der Waals surface area contributed by atoms with Gasteiger partial charge < -0.3 is 15.8 Å². The molecular weight excluding hydrogens is 220 g/mol. The number of nitrogens with one attached hydrogen (secondary N) is 1. The van der Waals surface area contributed by atoms with Crippen molar-refractivity contribution in [3.05, 3.63) is 35.4 Å². The Bertz CT molecular complexity index is 445. The van der Waals surface area contributed by atoms with Crippen LogP contribution in [0.25, 0.3) is 0 Å². The van der Waals surface area contributed by atoms with Crippen LogP contribution in [0.2, 0.25) is 0 Å². The van der Waals surface area contributed by atoms with E-state index in [-0.39, 0.29) is 11.9 Å². The molecule has 0 bridgehead atoms. The maximum Gasteiger partial charge on any atom is 0.328 e. The fraction of sp³-hybridized carbons (Fsp3) is 0.333. The third-order valence-electron chi connectivity index (χ3n) is 2.67. The lowest BCUT2D eigenvalue weighted by Crippen LogP contribution is -2.37. The van der Waals surface area contributed by atoms with Crippen LogP contribution in [0.1, 0.15) is 22.3 Å². The number of cyclic esters (lactones) is 1. The molecule has 1 aliphatic rings. The first kappa shape index (κ1) is 11.6. The van der Waals surface area contributed by atoms with E-state index in [1.807, 2.05) is 6.07 Å². The molecule has 0 aliphatic carbocycles. The molecule has 0 spiro atoms. The molecule has 0 aromatic heterocycles. The fourth-order valence-electron chi connectivity index (χ4n) is 1.71. The molecule has 0 saturated carbocycles. The summed E-state index contributed by atoms with van der Waals surface area (Å²) < 4.78 is 4.77. The summed E-state index contributed by atoms with van der Waals surface area (Å²) in [6.45, 7) is 0.749. The van der Waals surface area contributed by atoms with Crippen molar-refractivity contribution in [2.75, 3.05) is 6.61 Å². The number of nitrogens with two attached hydrogens (primary N) is 1. The van der Waals surface area contributed by atoms with Crippen molar-refractivity contribution < 1.29 is 14.3 Å². The van der Waals surface area contributed by atoms with Crippen molar-refractivity contribution in [2.24, 2.45) is 5.73 Å². The first-order valence-electron chi connectivity index (χ1n) is 5.47.